The van der Waals surface area contributed by atoms with Gasteiger partial charge >= 0.3 is 0 Å². The minimum absolute atomic E-state index is 0.187. The molecule has 2 aliphatic rings. The number of Topliss-reactive ketones (excluding diaryl/α,β-unsaturated/α-hetero) is 2. The molecule has 0 saturated heterocycles. The SMILES string of the molecule is C=C(CCCC(=O)CC(C)Cc1ccccc1)C(=O)C1CCCC2CCCCC2C1. The van der Waals surface area contributed by atoms with E-state index in [0.717, 1.165) is 43.1 Å². The molecule has 3 rings (SSSR count). The van der Waals surface area contributed by atoms with Crippen LogP contribution in [-0.2, 0) is 16.0 Å². The van der Waals surface area contributed by atoms with Gasteiger partial charge in [0, 0.05) is 18.8 Å². The number of carbonyl (C=O) groups is 2. The van der Waals surface area contributed by atoms with E-state index in [0.29, 0.717) is 36.7 Å². The molecule has 2 saturated carbocycles. The lowest BCUT2D eigenvalue weighted by Crippen LogP contribution is -2.23. The third-order valence-corrected chi connectivity index (χ3v) is 7.44. The van der Waals surface area contributed by atoms with Crippen molar-refractivity contribution in [3.63, 3.8) is 0 Å². The maximum atomic E-state index is 13.0. The van der Waals surface area contributed by atoms with Crippen molar-refractivity contribution in [2.45, 2.75) is 90.4 Å². The van der Waals surface area contributed by atoms with Gasteiger partial charge in [0.1, 0.15) is 5.78 Å². The quantitative estimate of drug-likeness (QED) is 0.386. The van der Waals surface area contributed by atoms with E-state index in [4.69, 9.17) is 0 Å². The Bertz CT molecular complexity index is 705. The molecule has 2 fully saturated rings. The van der Waals surface area contributed by atoms with Crippen LogP contribution in [0.2, 0.25) is 0 Å². The van der Waals surface area contributed by atoms with Gasteiger partial charge in [0.25, 0.3) is 0 Å². The predicted octanol–water partition coefficient (Wildman–Crippen LogP) is 7.12. The summed E-state index contributed by atoms with van der Waals surface area (Å²) in [5, 5.41) is 0. The second kappa shape index (κ2) is 11.6. The summed E-state index contributed by atoms with van der Waals surface area (Å²) >= 11 is 0. The molecule has 0 aromatic heterocycles. The molecule has 0 N–H and O–H groups in total. The van der Waals surface area contributed by atoms with Gasteiger partial charge in [0.2, 0.25) is 0 Å². The Balaban J connectivity index is 1.37. The van der Waals surface area contributed by atoms with Gasteiger partial charge < -0.3 is 0 Å². The van der Waals surface area contributed by atoms with Crippen LogP contribution in [-0.4, -0.2) is 11.6 Å². The minimum Gasteiger partial charge on any atom is -0.300 e. The summed E-state index contributed by atoms with van der Waals surface area (Å²) in [7, 11) is 0. The standard InChI is InChI=1S/C28H40O2/c1-21(18-23-11-4-3-5-12-23)19-27(29)17-8-10-22(2)28(30)26-16-9-15-24-13-6-7-14-25(24)20-26/h3-5,11-12,21,24-26H,2,6-10,13-20H2,1H3. The van der Waals surface area contributed by atoms with Crippen molar-refractivity contribution in [1.82, 2.24) is 0 Å². The molecule has 0 heterocycles. The molecule has 1 aromatic rings. The molecule has 0 amide bonds. The number of hydrogen-bond acceptors (Lipinski definition) is 2. The first-order chi connectivity index (χ1) is 14.5. The lowest BCUT2D eigenvalue weighted by atomic mass is 9.74. The Morgan fingerprint density at radius 3 is 2.43 bits per heavy atom. The average Bonchev–Trinajstić information content (AvgIpc) is 2.96. The van der Waals surface area contributed by atoms with Crippen LogP contribution in [0.15, 0.2) is 42.5 Å². The molecule has 2 heteroatoms. The van der Waals surface area contributed by atoms with Crippen molar-refractivity contribution in [2.75, 3.05) is 0 Å². The van der Waals surface area contributed by atoms with Crippen LogP contribution in [0, 0.1) is 23.7 Å². The number of ketones is 2. The molecular weight excluding hydrogens is 368 g/mol. The Morgan fingerprint density at radius 1 is 0.967 bits per heavy atom. The van der Waals surface area contributed by atoms with Gasteiger partial charge in [-0.15, -0.1) is 0 Å². The predicted molar refractivity (Wildman–Crippen MR) is 124 cm³/mol. The molecule has 4 atom stereocenters. The van der Waals surface area contributed by atoms with Crippen molar-refractivity contribution in [1.29, 1.82) is 0 Å². The summed E-state index contributed by atoms with van der Waals surface area (Å²) in [4.78, 5) is 25.4. The van der Waals surface area contributed by atoms with E-state index in [-0.39, 0.29) is 5.92 Å². The first kappa shape index (κ1) is 23.0. The number of hydrogen-bond donors (Lipinski definition) is 0. The highest BCUT2D eigenvalue weighted by molar-refractivity contribution is 5.96. The normalized spacial score (nSPS) is 25.0. The molecule has 2 nitrogen and oxygen atoms in total. The van der Waals surface area contributed by atoms with Crippen LogP contribution in [0.3, 0.4) is 0 Å². The third-order valence-electron chi connectivity index (χ3n) is 7.44. The average molecular weight is 409 g/mol. The fourth-order valence-electron chi connectivity index (χ4n) is 5.81. The zero-order chi connectivity index (χ0) is 21.3. The Kier molecular flexibility index (Phi) is 8.90. The van der Waals surface area contributed by atoms with E-state index in [1.54, 1.807) is 0 Å². The van der Waals surface area contributed by atoms with Gasteiger partial charge in [0.15, 0.2) is 5.78 Å². The Morgan fingerprint density at radius 2 is 1.67 bits per heavy atom. The molecule has 30 heavy (non-hydrogen) atoms. The third kappa shape index (κ3) is 6.93. The highest BCUT2D eigenvalue weighted by atomic mass is 16.1. The van der Waals surface area contributed by atoms with Gasteiger partial charge in [-0.1, -0.05) is 82.4 Å². The van der Waals surface area contributed by atoms with E-state index in [1.807, 2.05) is 6.07 Å². The maximum Gasteiger partial charge on any atom is 0.161 e. The number of allylic oxidation sites excluding steroid dienone is 1. The largest absolute Gasteiger partial charge is 0.300 e. The monoisotopic (exact) mass is 408 g/mol. The number of benzene rings is 1. The number of carbonyl (C=O) groups excluding carboxylic acids is 2. The maximum absolute atomic E-state index is 13.0. The molecule has 0 radical (unpaired) electrons. The zero-order valence-electron chi connectivity index (χ0n) is 18.9. The molecule has 164 valence electrons. The first-order valence-electron chi connectivity index (χ1n) is 12.3. The fraction of sp³-hybridized carbons (Fsp3) is 0.643. The second-order valence-electron chi connectivity index (χ2n) is 10.0. The molecular formula is C28H40O2. The van der Waals surface area contributed by atoms with Crippen LogP contribution in [0.25, 0.3) is 0 Å². The van der Waals surface area contributed by atoms with Crippen LogP contribution >= 0.6 is 0 Å². The fourth-order valence-corrected chi connectivity index (χ4v) is 5.81. The molecule has 0 spiro atoms. The van der Waals surface area contributed by atoms with Crippen LogP contribution in [0.1, 0.15) is 89.5 Å². The topological polar surface area (TPSA) is 34.1 Å². The van der Waals surface area contributed by atoms with Gasteiger partial charge in [0.05, 0.1) is 0 Å². The second-order valence-corrected chi connectivity index (χ2v) is 10.0. The van der Waals surface area contributed by atoms with Crippen molar-refractivity contribution in [3.8, 4) is 0 Å². The lowest BCUT2D eigenvalue weighted by molar-refractivity contribution is -0.121. The van der Waals surface area contributed by atoms with Gasteiger partial charge in [-0.3, -0.25) is 9.59 Å². The van der Waals surface area contributed by atoms with Gasteiger partial charge in [-0.2, -0.15) is 0 Å². The van der Waals surface area contributed by atoms with E-state index in [9.17, 15) is 9.59 Å². The molecule has 4 unspecified atom stereocenters. The summed E-state index contributed by atoms with van der Waals surface area (Å²) in [6, 6.07) is 10.4. The number of fused-ring (bicyclic) bond motifs is 1. The first-order valence-corrected chi connectivity index (χ1v) is 12.3. The Hall–Kier alpha value is -1.70. The number of rotatable bonds is 10. The van der Waals surface area contributed by atoms with Crippen molar-refractivity contribution < 1.29 is 9.59 Å². The highest BCUT2D eigenvalue weighted by Crippen LogP contribution is 2.42. The smallest absolute Gasteiger partial charge is 0.161 e. The van der Waals surface area contributed by atoms with Crippen LogP contribution in [0.4, 0.5) is 0 Å². The molecule has 0 bridgehead atoms. The van der Waals surface area contributed by atoms with Gasteiger partial charge in [-0.25, -0.2) is 0 Å². The van der Waals surface area contributed by atoms with Crippen LogP contribution < -0.4 is 0 Å². The van der Waals surface area contributed by atoms with Gasteiger partial charge in [-0.05, 0) is 61.0 Å². The zero-order valence-corrected chi connectivity index (χ0v) is 18.9. The molecule has 1 aromatic carbocycles. The van der Waals surface area contributed by atoms with E-state index in [1.165, 1.54) is 44.1 Å². The summed E-state index contributed by atoms with van der Waals surface area (Å²) in [6.07, 6.45) is 13.6. The van der Waals surface area contributed by atoms with Crippen molar-refractivity contribution >= 4 is 11.6 Å². The Labute approximate surface area is 183 Å². The molecule has 0 aliphatic heterocycles. The van der Waals surface area contributed by atoms with E-state index >= 15 is 0 Å². The van der Waals surface area contributed by atoms with Crippen molar-refractivity contribution in [2.24, 2.45) is 23.7 Å². The lowest BCUT2D eigenvalue weighted by Gasteiger charge is -2.31. The summed E-state index contributed by atoms with van der Waals surface area (Å²) in [5.74, 6) is 2.78. The summed E-state index contributed by atoms with van der Waals surface area (Å²) < 4.78 is 0. The molecule has 2 aliphatic carbocycles. The van der Waals surface area contributed by atoms with Crippen molar-refractivity contribution in [3.05, 3.63) is 48.0 Å². The summed E-state index contributed by atoms with van der Waals surface area (Å²) in [6.45, 7) is 6.27. The van der Waals surface area contributed by atoms with E-state index in [2.05, 4.69) is 37.8 Å². The summed E-state index contributed by atoms with van der Waals surface area (Å²) in [5.41, 5.74) is 2.06. The highest BCUT2D eigenvalue weighted by Gasteiger charge is 2.33. The van der Waals surface area contributed by atoms with E-state index < -0.39 is 0 Å². The minimum atomic E-state index is 0.187. The van der Waals surface area contributed by atoms with Crippen LogP contribution in [0.5, 0.6) is 0 Å².